The third-order valence-electron chi connectivity index (χ3n) is 2.81. The number of hydrogen-bond acceptors (Lipinski definition) is 2. The lowest BCUT2D eigenvalue weighted by molar-refractivity contribution is -0.160. The van der Waals surface area contributed by atoms with Crippen molar-refractivity contribution in [3.63, 3.8) is 0 Å². The third kappa shape index (κ3) is 3.02. The van der Waals surface area contributed by atoms with Gasteiger partial charge in [-0.15, -0.1) is 0 Å². The number of carbonyl (C=O) groups excluding carboxylic acids is 1. The van der Waals surface area contributed by atoms with E-state index < -0.39 is 0 Å². The second-order valence-electron chi connectivity index (χ2n) is 3.80. The zero-order valence-electron chi connectivity index (χ0n) is 9.52. The maximum absolute atomic E-state index is 11.7. The topological polar surface area (TPSA) is 26.3 Å². The summed E-state index contributed by atoms with van der Waals surface area (Å²) >= 11 is 0. The average Bonchev–Trinajstić information content (AvgIpc) is 2.07. The maximum Gasteiger partial charge on any atom is 0.312 e. The molecule has 0 aromatic rings. The van der Waals surface area contributed by atoms with Crippen molar-refractivity contribution in [1.82, 2.24) is 0 Å². The predicted octanol–water partition coefficient (Wildman–Crippen LogP) is 3.15. The molecule has 0 fully saturated rings. The fourth-order valence-corrected chi connectivity index (χ4v) is 1.52. The molecule has 0 atom stereocenters. The molecule has 13 heavy (non-hydrogen) atoms. The lowest BCUT2D eigenvalue weighted by atomic mass is 9.80. The summed E-state index contributed by atoms with van der Waals surface area (Å²) in [4.78, 5) is 11.7. The Kier molecular flexibility index (Phi) is 5.04. The molecule has 0 aromatic heterocycles. The van der Waals surface area contributed by atoms with Crippen molar-refractivity contribution in [2.45, 2.75) is 60.0 Å². The van der Waals surface area contributed by atoms with Crippen LogP contribution in [0, 0.1) is 5.41 Å². The van der Waals surface area contributed by atoms with Crippen LogP contribution in [0.3, 0.4) is 0 Å². The van der Waals surface area contributed by atoms with Gasteiger partial charge in [-0.05, 0) is 33.1 Å². The molecular weight excluding hydrogens is 164 g/mol. The quantitative estimate of drug-likeness (QED) is 0.616. The first-order chi connectivity index (χ1) is 6.02. The maximum atomic E-state index is 11.7. The molecule has 0 N–H and O–H groups in total. The van der Waals surface area contributed by atoms with Gasteiger partial charge in [0.05, 0.1) is 11.5 Å². The lowest BCUT2D eigenvalue weighted by Crippen LogP contribution is -2.32. The predicted molar refractivity (Wildman–Crippen MR) is 54.5 cm³/mol. The fourth-order valence-electron chi connectivity index (χ4n) is 1.52. The molecule has 0 saturated heterocycles. The van der Waals surface area contributed by atoms with Crippen molar-refractivity contribution in [2.75, 3.05) is 0 Å². The highest BCUT2D eigenvalue weighted by atomic mass is 16.5. The molecule has 0 aliphatic rings. The first-order valence-electron chi connectivity index (χ1n) is 5.23. The summed E-state index contributed by atoms with van der Waals surface area (Å²) in [5, 5.41) is 0. The Bertz CT molecular complexity index is 149. The molecule has 0 aliphatic carbocycles. The van der Waals surface area contributed by atoms with Crippen LogP contribution in [0.4, 0.5) is 0 Å². The molecule has 0 rings (SSSR count). The Morgan fingerprint density at radius 1 is 1.15 bits per heavy atom. The summed E-state index contributed by atoms with van der Waals surface area (Å²) in [6, 6.07) is 0. The first-order valence-corrected chi connectivity index (χ1v) is 5.23. The molecule has 0 heterocycles. The second kappa shape index (κ2) is 5.25. The molecule has 0 bridgehead atoms. The van der Waals surface area contributed by atoms with E-state index in [0.29, 0.717) is 0 Å². The molecular formula is C11H22O2. The van der Waals surface area contributed by atoms with Crippen LogP contribution >= 0.6 is 0 Å². The van der Waals surface area contributed by atoms with Gasteiger partial charge >= 0.3 is 5.97 Å². The Balaban J connectivity index is 4.44. The number of rotatable bonds is 5. The Morgan fingerprint density at radius 2 is 1.54 bits per heavy atom. The smallest absolute Gasteiger partial charge is 0.312 e. The molecule has 2 heteroatoms. The van der Waals surface area contributed by atoms with E-state index in [4.69, 9.17) is 4.74 Å². The Hall–Kier alpha value is -0.530. The molecule has 0 aliphatic heterocycles. The summed E-state index contributed by atoms with van der Waals surface area (Å²) in [5.74, 6) is -0.0324. The number of esters is 1. The minimum atomic E-state index is -0.246. The van der Waals surface area contributed by atoms with Crippen molar-refractivity contribution < 1.29 is 9.53 Å². The van der Waals surface area contributed by atoms with E-state index in [-0.39, 0.29) is 17.5 Å². The van der Waals surface area contributed by atoms with Gasteiger partial charge in [0, 0.05) is 0 Å². The van der Waals surface area contributed by atoms with Gasteiger partial charge < -0.3 is 4.74 Å². The number of hydrogen-bond donors (Lipinski definition) is 0. The summed E-state index contributed by atoms with van der Waals surface area (Å²) < 4.78 is 5.25. The highest BCUT2D eigenvalue weighted by molar-refractivity contribution is 5.76. The first kappa shape index (κ1) is 12.5. The third-order valence-corrected chi connectivity index (χ3v) is 2.81. The summed E-state index contributed by atoms with van der Waals surface area (Å²) in [7, 11) is 0. The molecule has 0 saturated carbocycles. The second-order valence-corrected chi connectivity index (χ2v) is 3.80. The van der Waals surface area contributed by atoms with Crippen LogP contribution in [-0.2, 0) is 9.53 Å². The standard InChI is InChI=1S/C11H22O2/c1-6-11(7-2,8-3)10(12)13-9(4)5/h9H,6-8H2,1-5H3. The van der Waals surface area contributed by atoms with Gasteiger partial charge in [-0.2, -0.15) is 0 Å². The number of carbonyl (C=O) groups is 1. The molecule has 0 amide bonds. The Labute approximate surface area is 81.7 Å². The van der Waals surface area contributed by atoms with Gasteiger partial charge in [0.2, 0.25) is 0 Å². The summed E-state index contributed by atoms with van der Waals surface area (Å²) in [6.45, 7) is 9.94. The zero-order chi connectivity index (χ0) is 10.5. The van der Waals surface area contributed by atoms with Crippen molar-refractivity contribution in [3.8, 4) is 0 Å². The van der Waals surface area contributed by atoms with E-state index in [0.717, 1.165) is 19.3 Å². The highest BCUT2D eigenvalue weighted by Crippen LogP contribution is 2.32. The van der Waals surface area contributed by atoms with Crippen LogP contribution < -0.4 is 0 Å². The van der Waals surface area contributed by atoms with Gasteiger partial charge in [0.1, 0.15) is 0 Å². The van der Waals surface area contributed by atoms with E-state index in [9.17, 15) is 4.79 Å². The lowest BCUT2D eigenvalue weighted by Gasteiger charge is -2.28. The molecule has 0 radical (unpaired) electrons. The van der Waals surface area contributed by atoms with Crippen molar-refractivity contribution >= 4 is 5.97 Å². The molecule has 0 spiro atoms. The Morgan fingerprint density at radius 3 is 1.77 bits per heavy atom. The van der Waals surface area contributed by atoms with E-state index >= 15 is 0 Å². The van der Waals surface area contributed by atoms with Crippen LogP contribution in [0.15, 0.2) is 0 Å². The monoisotopic (exact) mass is 186 g/mol. The summed E-state index contributed by atoms with van der Waals surface area (Å²) in [6.07, 6.45) is 2.60. The van der Waals surface area contributed by atoms with Crippen molar-refractivity contribution in [2.24, 2.45) is 5.41 Å². The van der Waals surface area contributed by atoms with E-state index in [1.807, 2.05) is 13.8 Å². The van der Waals surface area contributed by atoms with Gasteiger partial charge in [0.25, 0.3) is 0 Å². The minimum absolute atomic E-state index is 0.00322. The highest BCUT2D eigenvalue weighted by Gasteiger charge is 2.34. The van der Waals surface area contributed by atoms with Crippen molar-refractivity contribution in [1.29, 1.82) is 0 Å². The van der Waals surface area contributed by atoms with E-state index in [1.165, 1.54) is 0 Å². The van der Waals surface area contributed by atoms with Crippen LogP contribution in [0.1, 0.15) is 53.9 Å². The van der Waals surface area contributed by atoms with Crippen LogP contribution in [0.2, 0.25) is 0 Å². The SMILES string of the molecule is CCC(CC)(CC)C(=O)OC(C)C. The summed E-state index contributed by atoms with van der Waals surface area (Å²) in [5.41, 5.74) is -0.246. The van der Waals surface area contributed by atoms with Crippen LogP contribution in [-0.4, -0.2) is 12.1 Å². The van der Waals surface area contributed by atoms with Crippen LogP contribution in [0.25, 0.3) is 0 Å². The molecule has 78 valence electrons. The normalized spacial score (nSPS) is 11.8. The van der Waals surface area contributed by atoms with Crippen LogP contribution in [0.5, 0.6) is 0 Å². The fraction of sp³-hybridized carbons (Fsp3) is 0.909. The van der Waals surface area contributed by atoms with Gasteiger partial charge in [-0.1, -0.05) is 20.8 Å². The zero-order valence-corrected chi connectivity index (χ0v) is 9.52. The van der Waals surface area contributed by atoms with Gasteiger partial charge in [-0.25, -0.2) is 0 Å². The minimum Gasteiger partial charge on any atom is -0.463 e. The van der Waals surface area contributed by atoms with Crippen molar-refractivity contribution in [3.05, 3.63) is 0 Å². The molecule has 0 aromatic carbocycles. The van der Waals surface area contributed by atoms with Gasteiger partial charge in [0.15, 0.2) is 0 Å². The van der Waals surface area contributed by atoms with E-state index in [2.05, 4.69) is 20.8 Å². The number of ether oxygens (including phenoxy) is 1. The average molecular weight is 186 g/mol. The largest absolute Gasteiger partial charge is 0.463 e. The van der Waals surface area contributed by atoms with Gasteiger partial charge in [-0.3, -0.25) is 4.79 Å². The molecule has 0 unspecified atom stereocenters. The molecule has 2 nitrogen and oxygen atoms in total. The van der Waals surface area contributed by atoms with E-state index in [1.54, 1.807) is 0 Å².